The van der Waals surface area contributed by atoms with Crippen LogP contribution in [0.3, 0.4) is 0 Å². The number of carbonyl (C=O) groups excluding carboxylic acids is 1. The molecule has 2 nitrogen and oxygen atoms in total. The highest BCUT2D eigenvalue weighted by molar-refractivity contribution is 8.27. The van der Waals surface area contributed by atoms with E-state index in [0.29, 0.717) is 9.23 Å². The summed E-state index contributed by atoms with van der Waals surface area (Å²) in [7, 11) is 0. The van der Waals surface area contributed by atoms with Crippen molar-refractivity contribution in [3.05, 3.63) is 70.4 Å². The molecule has 0 unspecified atom stereocenters. The number of halogens is 1. The van der Waals surface area contributed by atoms with E-state index < -0.39 is 5.82 Å². The summed E-state index contributed by atoms with van der Waals surface area (Å²) < 4.78 is 14.3. The van der Waals surface area contributed by atoms with Gasteiger partial charge in [0.25, 0.3) is 5.91 Å². The number of para-hydroxylation sites is 1. The molecule has 22 heavy (non-hydrogen) atoms. The SMILES string of the molecule is Cc1ccccc1/C=C1\SC(=S)N(c2ccccc2F)C1=O. The van der Waals surface area contributed by atoms with Gasteiger partial charge in [0.05, 0.1) is 10.6 Å². The van der Waals surface area contributed by atoms with Crippen molar-refractivity contribution in [2.24, 2.45) is 0 Å². The van der Waals surface area contributed by atoms with E-state index in [1.807, 2.05) is 31.2 Å². The molecule has 0 N–H and O–H groups in total. The molecule has 5 heteroatoms. The molecular formula is C17H12FNOS2. The molecule has 1 saturated heterocycles. The summed E-state index contributed by atoms with van der Waals surface area (Å²) in [4.78, 5) is 14.3. The Morgan fingerprint density at radius 2 is 1.82 bits per heavy atom. The van der Waals surface area contributed by atoms with Gasteiger partial charge in [0.15, 0.2) is 4.32 Å². The van der Waals surface area contributed by atoms with Gasteiger partial charge in [0.1, 0.15) is 5.82 Å². The normalized spacial score (nSPS) is 16.6. The van der Waals surface area contributed by atoms with E-state index in [1.54, 1.807) is 24.3 Å². The fourth-order valence-electron chi connectivity index (χ4n) is 2.20. The summed E-state index contributed by atoms with van der Waals surface area (Å²) in [6.07, 6.45) is 1.80. The summed E-state index contributed by atoms with van der Waals surface area (Å²) in [6.45, 7) is 1.98. The van der Waals surface area contributed by atoms with Crippen LogP contribution in [0, 0.1) is 12.7 Å². The number of aryl methyl sites for hydroxylation is 1. The first kappa shape index (κ1) is 14.9. The highest BCUT2D eigenvalue weighted by Gasteiger charge is 2.34. The molecule has 0 aromatic heterocycles. The molecule has 0 aliphatic carbocycles. The second-order valence-electron chi connectivity index (χ2n) is 4.83. The van der Waals surface area contributed by atoms with Gasteiger partial charge in [-0.25, -0.2) is 4.39 Å². The maximum atomic E-state index is 13.9. The van der Waals surface area contributed by atoms with E-state index >= 15 is 0 Å². The molecule has 1 fully saturated rings. The minimum atomic E-state index is -0.462. The molecular weight excluding hydrogens is 317 g/mol. The standard InChI is InChI=1S/C17H12FNOS2/c1-11-6-2-3-7-12(11)10-15-16(20)19(17(21)22-15)14-9-5-4-8-13(14)18/h2-10H,1H3/b15-10-. The molecule has 0 atom stereocenters. The zero-order valence-corrected chi connectivity index (χ0v) is 13.4. The Kier molecular flexibility index (Phi) is 4.09. The zero-order valence-electron chi connectivity index (χ0n) is 11.7. The van der Waals surface area contributed by atoms with Crippen molar-refractivity contribution in [1.29, 1.82) is 0 Å². The minimum absolute atomic E-state index is 0.193. The molecule has 0 spiro atoms. The second kappa shape index (κ2) is 6.02. The number of thiocarbonyl (C=S) groups is 1. The Morgan fingerprint density at radius 1 is 1.14 bits per heavy atom. The van der Waals surface area contributed by atoms with E-state index in [9.17, 15) is 9.18 Å². The van der Waals surface area contributed by atoms with Gasteiger partial charge in [0.2, 0.25) is 0 Å². The first-order valence-corrected chi connectivity index (χ1v) is 7.88. The lowest BCUT2D eigenvalue weighted by atomic mass is 10.1. The van der Waals surface area contributed by atoms with Crippen LogP contribution in [-0.2, 0) is 4.79 Å². The second-order valence-corrected chi connectivity index (χ2v) is 6.50. The largest absolute Gasteiger partial charge is 0.270 e. The van der Waals surface area contributed by atoms with Crippen molar-refractivity contribution in [1.82, 2.24) is 0 Å². The van der Waals surface area contributed by atoms with Gasteiger partial charge < -0.3 is 0 Å². The monoisotopic (exact) mass is 329 g/mol. The lowest BCUT2D eigenvalue weighted by Gasteiger charge is -2.14. The lowest BCUT2D eigenvalue weighted by molar-refractivity contribution is -0.113. The Balaban J connectivity index is 1.99. The van der Waals surface area contributed by atoms with Crippen molar-refractivity contribution in [2.45, 2.75) is 6.92 Å². The number of hydrogen-bond donors (Lipinski definition) is 0. The van der Waals surface area contributed by atoms with Crippen LogP contribution in [0.2, 0.25) is 0 Å². The fourth-order valence-corrected chi connectivity index (χ4v) is 3.47. The average molecular weight is 329 g/mol. The lowest BCUT2D eigenvalue weighted by Crippen LogP contribution is -2.28. The van der Waals surface area contributed by atoms with Gasteiger partial charge in [-0.2, -0.15) is 0 Å². The molecule has 0 radical (unpaired) electrons. The number of benzene rings is 2. The smallest absolute Gasteiger partial charge is 0.268 e. The molecule has 1 aliphatic rings. The van der Waals surface area contributed by atoms with Crippen LogP contribution < -0.4 is 4.90 Å². The quantitative estimate of drug-likeness (QED) is 0.596. The van der Waals surface area contributed by atoms with Gasteiger partial charge in [-0.1, -0.05) is 60.4 Å². The van der Waals surface area contributed by atoms with E-state index in [1.165, 1.54) is 22.7 Å². The topological polar surface area (TPSA) is 20.3 Å². The summed E-state index contributed by atoms with van der Waals surface area (Å²) in [5.41, 5.74) is 2.22. The van der Waals surface area contributed by atoms with Crippen LogP contribution in [-0.4, -0.2) is 10.2 Å². The van der Waals surface area contributed by atoms with E-state index in [2.05, 4.69) is 0 Å². The van der Waals surface area contributed by atoms with Crippen molar-refractivity contribution in [2.75, 3.05) is 4.90 Å². The molecule has 0 saturated carbocycles. The third kappa shape index (κ3) is 2.69. The molecule has 0 bridgehead atoms. The maximum Gasteiger partial charge on any atom is 0.270 e. The molecule has 2 aromatic carbocycles. The van der Waals surface area contributed by atoms with Crippen LogP contribution in [0.25, 0.3) is 6.08 Å². The average Bonchev–Trinajstić information content (AvgIpc) is 2.77. The summed E-state index contributed by atoms with van der Waals surface area (Å²) in [5, 5.41) is 0. The number of hydrogen-bond acceptors (Lipinski definition) is 3. The van der Waals surface area contributed by atoms with E-state index in [4.69, 9.17) is 12.2 Å². The summed E-state index contributed by atoms with van der Waals surface area (Å²) in [5.74, 6) is -0.751. The molecule has 2 aromatic rings. The Bertz CT molecular complexity index is 801. The first-order valence-electron chi connectivity index (χ1n) is 6.66. The summed E-state index contributed by atoms with van der Waals surface area (Å²) >= 11 is 6.44. The third-order valence-electron chi connectivity index (χ3n) is 3.36. The molecule has 1 heterocycles. The number of carbonyl (C=O) groups is 1. The van der Waals surface area contributed by atoms with Gasteiger partial charge in [-0.05, 0) is 36.3 Å². The van der Waals surface area contributed by atoms with Crippen LogP contribution in [0.4, 0.5) is 10.1 Å². The Hall–Kier alpha value is -1.98. The fraction of sp³-hybridized carbons (Fsp3) is 0.0588. The van der Waals surface area contributed by atoms with Crippen molar-refractivity contribution in [3.63, 3.8) is 0 Å². The zero-order chi connectivity index (χ0) is 15.7. The highest BCUT2D eigenvalue weighted by Crippen LogP contribution is 2.37. The molecule has 1 aliphatic heterocycles. The first-order chi connectivity index (χ1) is 10.6. The maximum absolute atomic E-state index is 13.9. The van der Waals surface area contributed by atoms with E-state index in [-0.39, 0.29) is 11.6 Å². The van der Waals surface area contributed by atoms with Gasteiger partial charge in [0, 0.05) is 0 Å². The number of anilines is 1. The summed E-state index contributed by atoms with van der Waals surface area (Å²) in [6, 6.07) is 13.9. The minimum Gasteiger partial charge on any atom is -0.268 e. The van der Waals surface area contributed by atoms with Crippen LogP contribution in [0.5, 0.6) is 0 Å². The van der Waals surface area contributed by atoms with Crippen LogP contribution in [0.1, 0.15) is 11.1 Å². The predicted molar refractivity (Wildman–Crippen MR) is 93.2 cm³/mol. The Labute approximate surface area is 137 Å². The van der Waals surface area contributed by atoms with Gasteiger partial charge in [-0.3, -0.25) is 9.69 Å². The van der Waals surface area contributed by atoms with Crippen molar-refractivity contribution >= 4 is 46.0 Å². The number of amides is 1. The van der Waals surface area contributed by atoms with Crippen molar-refractivity contribution < 1.29 is 9.18 Å². The number of rotatable bonds is 2. The Morgan fingerprint density at radius 3 is 2.55 bits per heavy atom. The molecule has 3 rings (SSSR count). The van der Waals surface area contributed by atoms with Crippen LogP contribution in [0.15, 0.2) is 53.4 Å². The van der Waals surface area contributed by atoms with E-state index in [0.717, 1.165) is 11.1 Å². The van der Waals surface area contributed by atoms with Crippen LogP contribution >= 0.6 is 24.0 Å². The van der Waals surface area contributed by atoms with Gasteiger partial charge >= 0.3 is 0 Å². The molecule has 1 amide bonds. The number of nitrogens with zero attached hydrogens (tertiary/aromatic N) is 1. The van der Waals surface area contributed by atoms with Crippen molar-refractivity contribution in [3.8, 4) is 0 Å². The third-order valence-corrected chi connectivity index (χ3v) is 4.66. The van der Waals surface area contributed by atoms with Gasteiger partial charge in [-0.15, -0.1) is 0 Å². The predicted octanol–water partition coefficient (Wildman–Crippen LogP) is 4.54. The highest BCUT2D eigenvalue weighted by atomic mass is 32.2. The number of thioether (sulfide) groups is 1. The molecule has 110 valence electrons.